The van der Waals surface area contributed by atoms with Crippen molar-refractivity contribution in [3.8, 4) is 11.3 Å². The number of hydrogen-bond acceptors (Lipinski definition) is 6. The van der Waals surface area contributed by atoms with E-state index in [0.29, 0.717) is 18.3 Å². The van der Waals surface area contributed by atoms with Gasteiger partial charge in [0.15, 0.2) is 5.76 Å². The van der Waals surface area contributed by atoms with Crippen LogP contribution in [0.1, 0.15) is 34.8 Å². The van der Waals surface area contributed by atoms with Gasteiger partial charge in [-0.1, -0.05) is 0 Å². The number of piperidine rings is 1. The van der Waals surface area contributed by atoms with Crippen LogP contribution in [0.2, 0.25) is 0 Å². The maximum Gasteiger partial charge on any atom is 0.289 e. The number of rotatable bonds is 4. The summed E-state index contributed by atoms with van der Waals surface area (Å²) in [6.07, 6.45) is 5.15. The van der Waals surface area contributed by atoms with Gasteiger partial charge in [-0.05, 0) is 57.0 Å². The summed E-state index contributed by atoms with van der Waals surface area (Å²) >= 11 is 0. The van der Waals surface area contributed by atoms with Crippen LogP contribution in [0.3, 0.4) is 0 Å². The van der Waals surface area contributed by atoms with E-state index < -0.39 is 0 Å². The minimum absolute atomic E-state index is 0.0764. The van der Waals surface area contributed by atoms with Crippen LogP contribution in [0.5, 0.6) is 0 Å². The molecule has 3 aromatic rings. The van der Waals surface area contributed by atoms with Crippen LogP contribution < -0.4 is 5.32 Å². The molecular weight excluding hydrogens is 354 g/mol. The van der Waals surface area contributed by atoms with E-state index in [9.17, 15) is 4.79 Å². The zero-order valence-electron chi connectivity index (χ0n) is 16.1. The van der Waals surface area contributed by atoms with E-state index in [1.165, 1.54) is 6.26 Å². The van der Waals surface area contributed by atoms with Gasteiger partial charge in [0.25, 0.3) is 5.91 Å². The summed E-state index contributed by atoms with van der Waals surface area (Å²) in [7, 11) is 0. The fourth-order valence-electron chi connectivity index (χ4n) is 3.55. The summed E-state index contributed by atoms with van der Waals surface area (Å²) in [5.41, 5.74) is 3.76. The molecule has 4 heterocycles. The minimum atomic E-state index is -0.0764. The van der Waals surface area contributed by atoms with E-state index in [2.05, 4.69) is 20.3 Å². The standard InChI is InChI=1S/C21H23N5O2/c1-14-7-8-17(15(2)23-14)18-9-10-22-21(25-18)24-16-5-3-11-26(13-16)20(27)19-6-4-12-28-19/h4,6-10,12,16H,3,5,11,13H2,1-2H3,(H,22,24,25)/t16-/m0/s1. The van der Waals surface area contributed by atoms with Crippen molar-refractivity contribution in [1.29, 1.82) is 0 Å². The molecule has 0 radical (unpaired) electrons. The molecule has 0 spiro atoms. The Labute approximate surface area is 163 Å². The number of aromatic nitrogens is 3. The third kappa shape index (κ3) is 3.88. The number of likely N-dealkylation sites (tertiary alicyclic amines) is 1. The number of nitrogens with one attached hydrogen (secondary N) is 1. The number of amides is 1. The number of hydrogen-bond donors (Lipinski definition) is 1. The molecule has 0 aliphatic carbocycles. The van der Waals surface area contributed by atoms with Crippen LogP contribution in [-0.4, -0.2) is 44.9 Å². The van der Waals surface area contributed by atoms with Crippen LogP contribution in [0.4, 0.5) is 5.95 Å². The Kier molecular flexibility index (Phi) is 5.06. The fourth-order valence-corrected chi connectivity index (χ4v) is 3.55. The van der Waals surface area contributed by atoms with Gasteiger partial charge in [0.1, 0.15) is 0 Å². The Morgan fingerprint density at radius 2 is 2.11 bits per heavy atom. The molecule has 0 unspecified atom stereocenters. The predicted molar refractivity (Wildman–Crippen MR) is 106 cm³/mol. The van der Waals surface area contributed by atoms with Gasteiger partial charge in [0.05, 0.1) is 12.0 Å². The molecule has 0 saturated carbocycles. The highest BCUT2D eigenvalue weighted by atomic mass is 16.3. The van der Waals surface area contributed by atoms with Crippen LogP contribution in [-0.2, 0) is 0 Å². The van der Waals surface area contributed by atoms with E-state index >= 15 is 0 Å². The fraction of sp³-hybridized carbons (Fsp3) is 0.333. The van der Waals surface area contributed by atoms with Crippen molar-refractivity contribution in [2.45, 2.75) is 32.7 Å². The Balaban J connectivity index is 1.47. The van der Waals surface area contributed by atoms with E-state index in [1.54, 1.807) is 18.3 Å². The molecule has 1 atom stereocenters. The highest BCUT2D eigenvalue weighted by molar-refractivity contribution is 5.91. The Morgan fingerprint density at radius 3 is 2.89 bits per heavy atom. The molecule has 1 amide bonds. The summed E-state index contributed by atoms with van der Waals surface area (Å²) in [5, 5.41) is 3.38. The number of carbonyl (C=O) groups excluding carboxylic acids is 1. The third-order valence-corrected chi connectivity index (χ3v) is 4.93. The maximum absolute atomic E-state index is 12.5. The normalized spacial score (nSPS) is 16.8. The van der Waals surface area contributed by atoms with Gasteiger partial charge in [-0.15, -0.1) is 0 Å². The number of anilines is 1. The number of aryl methyl sites for hydroxylation is 2. The van der Waals surface area contributed by atoms with Gasteiger partial charge in [-0.3, -0.25) is 9.78 Å². The van der Waals surface area contributed by atoms with Gasteiger partial charge in [-0.2, -0.15) is 0 Å². The van der Waals surface area contributed by atoms with Gasteiger partial charge >= 0.3 is 0 Å². The van der Waals surface area contributed by atoms with E-state index in [-0.39, 0.29) is 11.9 Å². The van der Waals surface area contributed by atoms with E-state index in [4.69, 9.17) is 4.42 Å². The topological polar surface area (TPSA) is 84.2 Å². The van der Waals surface area contributed by atoms with Crippen molar-refractivity contribution >= 4 is 11.9 Å². The van der Waals surface area contributed by atoms with Crippen LogP contribution >= 0.6 is 0 Å². The largest absolute Gasteiger partial charge is 0.459 e. The highest BCUT2D eigenvalue weighted by Crippen LogP contribution is 2.22. The molecule has 28 heavy (non-hydrogen) atoms. The molecule has 3 aromatic heterocycles. The number of furan rings is 1. The van der Waals surface area contributed by atoms with Crippen LogP contribution in [0, 0.1) is 13.8 Å². The molecule has 1 N–H and O–H groups in total. The van der Waals surface area contributed by atoms with E-state index in [0.717, 1.165) is 42.0 Å². The zero-order valence-corrected chi connectivity index (χ0v) is 16.1. The first-order valence-corrected chi connectivity index (χ1v) is 9.47. The lowest BCUT2D eigenvalue weighted by Crippen LogP contribution is -2.45. The molecule has 1 saturated heterocycles. The lowest BCUT2D eigenvalue weighted by Gasteiger charge is -2.32. The monoisotopic (exact) mass is 377 g/mol. The molecule has 7 heteroatoms. The van der Waals surface area contributed by atoms with Crippen molar-refractivity contribution in [2.24, 2.45) is 0 Å². The summed E-state index contributed by atoms with van der Waals surface area (Å²) in [4.78, 5) is 27.9. The van der Waals surface area contributed by atoms with Crippen LogP contribution in [0.25, 0.3) is 11.3 Å². The van der Waals surface area contributed by atoms with Gasteiger partial charge in [0.2, 0.25) is 5.95 Å². The quantitative estimate of drug-likeness (QED) is 0.749. The number of carbonyl (C=O) groups is 1. The average molecular weight is 377 g/mol. The second kappa shape index (κ2) is 7.80. The number of nitrogens with zero attached hydrogens (tertiary/aromatic N) is 4. The molecular formula is C21H23N5O2. The smallest absolute Gasteiger partial charge is 0.289 e. The molecule has 0 aromatic carbocycles. The van der Waals surface area contributed by atoms with Gasteiger partial charge in [-0.25, -0.2) is 9.97 Å². The average Bonchev–Trinajstić information content (AvgIpc) is 3.23. The summed E-state index contributed by atoms with van der Waals surface area (Å²) < 4.78 is 5.24. The van der Waals surface area contributed by atoms with Crippen LogP contribution in [0.15, 0.2) is 47.2 Å². The van der Waals surface area contributed by atoms with Crippen molar-refractivity contribution in [3.05, 3.63) is 59.9 Å². The Bertz CT molecular complexity index is 971. The first-order valence-electron chi connectivity index (χ1n) is 9.47. The summed E-state index contributed by atoms with van der Waals surface area (Å²) in [5.74, 6) is 0.864. The predicted octanol–water partition coefficient (Wildman–Crippen LogP) is 3.47. The zero-order chi connectivity index (χ0) is 19.5. The van der Waals surface area contributed by atoms with Gasteiger partial charge in [0, 0.05) is 42.3 Å². The first kappa shape index (κ1) is 18.2. The van der Waals surface area contributed by atoms with Crippen molar-refractivity contribution in [1.82, 2.24) is 19.9 Å². The number of pyridine rings is 1. The molecule has 1 fully saturated rings. The molecule has 0 bridgehead atoms. The van der Waals surface area contributed by atoms with Crippen molar-refractivity contribution in [2.75, 3.05) is 18.4 Å². The molecule has 144 valence electrons. The molecule has 4 rings (SSSR count). The first-order chi connectivity index (χ1) is 13.6. The van der Waals surface area contributed by atoms with Crippen molar-refractivity contribution < 1.29 is 9.21 Å². The van der Waals surface area contributed by atoms with E-state index in [1.807, 2.05) is 36.9 Å². The second-order valence-corrected chi connectivity index (χ2v) is 7.06. The Hall–Kier alpha value is -3.22. The lowest BCUT2D eigenvalue weighted by atomic mass is 10.1. The third-order valence-electron chi connectivity index (χ3n) is 4.93. The Morgan fingerprint density at radius 1 is 1.21 bits per heavy atom. The molecule has 7 nitrogen and oxygen atoms in total. The van der Waals surface area contributed by atoms with Crippen molar-refractivity contribution in [3.63, 3.8) is 0 Å². The SMILES string of the molecule is Cc1ccc(-c2ccnc(N[C@H]3CCCN(C(=O)c4ccco4)C3)n2)c(C)n1. The maximum atomic E-state index is 12.5. The summed E-state index contributed by atoms with van der Waals surface area (Å²) in [6, 6.07) is 9.43. The lowest BCUT2D eigenvalue weighted by molar-refractivity contribution is 0.0682. The molecule has 1 aliphatic rings. The summed E-state index contributed by atoms with van der Waals surface area (Å²) in [6.45, 7) is 5.28. The second-order valence-electron chi connectivity index (χ2n) is 7.06. The molecule has 1 aliphatic heterocycles. The van der Waals surface area contributed by atoms with Gasteiger partial charge < -0.3 is 14.6 Å². The minimum Gasteiger partial charge on any atom is -0.459 e. The highest BCUT2D eigenvalue weighted by Gasteiger charge is 2.26.